The summed E-state index contributed by atoms with van der Waals surface area (Å²) in [5, 5.41) is 3.41. The summed E-state index contributed by atoms with van der Waals surface area (Å²) in [6.45, 7) is 2.15. The second kappa shape index (κ2) is 5.74. The van der Waals surface area contributed by atoms with Crippen molar-refractivity contribution in [2.75, 3.05) is 16.8 Å². The normalized spacial score (nSPS) is 22.6. The van der Waals surface area contributed by atoms with Gasteiger partial charge in [-0.2, -0.15) is 0 Å². The van der Waals surface area contributed by atoms with Crippen molar-refractivity contribution in [1.82, 2.24) is 0 Å². The number of rotatable bonds is 4. The first-order valence-electron chi connectivity index (χ1n) is 6.65. The number of benzene rings is 1. The Hall–Kier alpha value is -1.03. The molecule has 3 nitrogen and oxygen atoms in total. The molecule has 1 atom stereocenters. The maximum atomic E-state index is 11.6. The number of hydrogen-bond donors (Lipinski definition) is 1. The summed E-state index contributed by atoms with van der Waals surface area (Å²) in [7, 11) is -2.84. The van der Waals surface area contributed by atoms with E-state index in [1.165, 1.54) is 5.56 Å². The molecule has 1 fully saturated rings. The molecule has 1 heterocycles. The summed E-state index contributed by atoms with van der Waals surface area (Å²) >= 11 is 0. The van der Waals surface area contributed by atoms with Gasteiger partial charge in [0.1, 0.15) is 0 Å². The van der Waals surface area contributed by atoms with E-state index in [9.17, 15) is 8.42 Å². The van der Waals surface area contributed by atoms with Crippen LogP contribution in [0.5, 0.6) is 0 Å². The van der Waals surface area contributed by atoms with Crippen molar-refractivity contribution in [2.24, 2.45) is 0 Å². The first-order chi connectivity index (χ1) is 8.61. The topological polar surface area (TPSA) is 46.2 Å². The van der Waals surface area contributed by atoms with Crippen LogP contribution in [-0.2, 0) is 16.3 Å². The van der Waals surface area contributed by atoms with E-state index in [0.717, 1.165) is 31.4 Å². The molecule has 0 aliphatic carbocycles. The van der Waals surface area contributed by atoms with E-state index in [4.69, 9.17) is 0 Å². The molecule has 2 rings (SSSR count). The van der Waals surface area contributed by atoms with Gasteiger partial charge in [0.05, 0.1) is 11.5 Å². The highest BCUT2D eigenvalue weighted by molar-refractivity contribution is 7.91. The zero-order valence-electron chi connectivity index (χ0n) is 10.9. The van der Waals surface area contributed by atoms with E-state index in [2.05, 4.69) is 18.3 Å². The third-order valence-electron chi connectivity index (χ3n) is 3.36. The van der Waals surface area contributed by atoms with Gasteiger partial charge in [-0.15, -0.1) is 0 Å². The van der Waals surface area contributed by atoms with E-state index >= 15 is 0 Å². The minimum atomic E-state index is -2.84. The number of nitrogens with one attached hydrogen (secondary N) is 1. The molecule has 0 saturated carbocycles. The minimum Gasteiger partial charge on any atom is -0.381 e. The lowest BCUT2D eigenvalue weighted by Gasteiger charge is -2.25. The third-order valence-corrected chi connectivity index (χ3v) is 5.18. The summed E-state index contributed by atoms with van der Waals surface area (Å²) in [5.41, 5.74) is 2.38. The third kappa shape index (κ3) is 3.48. The van der Waals surface area contributed by atoms with Crippen LogP contribution in [0, 0.1) is 0 Å². The second-order valence-corrected chi connectivity index (χ2v) is 7.23. The lowest BCUT2D eigenvalue weighted by atomic mass is 10.1. The number of aryl methyl sites for hydroxylation is 1. The van der Waals surface area contributed by atoms with Gasteiger partial charge in [-0.05, 0) is 30.9 Å². The number of anilines is 1. The van der Waals surface area contributed by atoms with Gasteiger partial charge in [-0.1, -0.05) is 31.5 Å². The van der Waals surface area contributed by atoms with Crippen LogP contribution in [0.2, 0.25) is 0 Å². The maximum Gasteiger partial charge on any atom is 0.152 e. The molecule has 1 unspecified atom stereocenters. The van der Waals surface area contributed by atoms with E-state index < -0.39 is 9.84 Å². The van der Waals surface area contributed by atoms with Crippen LogP contribution >= 0.6 is 0 Å². The second-order valence-electron chi connectivity index (χ2n) is 5.00. The molecule has 1 saturated heterocycles. The Morgan fingerprint density at radius 2 is 2.11 bits per heavy atom. The highest BCUT2D eigenvalue weighted by atomic mass is 32.2. The van der Waals surface area contributed by atoms with Crippen LogP contribution in [-0.4, -0.2) is 26.0 Å². The van der Waals surface area contributed by atoms with Crippen LogP contribution in [0.15, 0.2) is 24.3 Å². The monoisotopic (exact) mass is 267 g/mol. The molecule has 1 aromatic rings. The molecule has 0 spiro atoms. The summed E-state index contributed by atoms with van der Waals surface area (Å²) in [5.74, 6) is 0.620. The highest BCUT2D eigenvalue weighted by Crippen LogP contribution is 2.21. The van der Waals surface area contributed by atoms with Crippen LogP contribution in [0.4, 0.5) is 5.69 Å². The molecule has 100 valence electrons. The van der Waals surface area contributed by atoms with Crippen LogP contribution in [0.3, 0.4) is 0 Å². The molecule has 1 aromatic carbocycles. The predicted molar refractivity (Wildman–Crippen MR) is 75.7 cm³/mol. The lowest BCUT2D eigenvalue weighted by Crippen LogP contribution is -2.35. The number of para-hydroxylation sites is 1. The van der Waals surface area contributed by atoms with Crippen molar-refractivity contribution < 1.29 is 8.42 Å². The van der Waals surface area contributed by atoms with Crippen molar-refractivity contribution in [2.45, 2.75) is 38.6 Å². The first kappa shape index (κ1) is 13.4. The fourth-order valence-corrected chi connectivity index (χ4v) is 4.14. The zero-order chi connectivity index (χ0) is 13.0. The van der Waals surface area contributed by atoms with Crippen molar-refractivity contribution >= 4 is 15.5 Å². The average Bonchev–Trinajstić information content (AvgIpc) is 2.31. The van der Waals surface area contributed by atoms with Gasteiger partial charge in [-0.3, -0.25) is 0 Å². The Morgan fingerprint density at radius 1 is 1.33 bits per heavy atom. The fourth-order valence-electron chi connectivity index (χ4n) is 2.51. The SMILES string of the molecule is CCCc1ccccc1NC1CCCS(=O)(=O)C1. The Labute approximate surface area is 110 Å². The molecule has 1 aliphatic rings. The summed E-state index contributed by atoms with van der Waals surface area (Å²) in [6.07, 6.45) is 3.85. The first-order valence-corrected chi connectivity index (χ1v) is 8.48. The van der Waals surface area contributed by atoms with Crippen molar-refractivity contribution in [3.63, 3.8) is 0 Å². The molecule has 0 bridgehead atoms. The minimum absolute atomic E-state index is 0.0711. The number of sulfone groups is 1. The van der Waals surface area contributed by atoms with Crippen LogP contribution < -0.4 is 5.32 Å². The molecule has 1 aliphatic heterocycles. The summed E-state index contributed by atoms with van der Waals surface area (Å²) in [4.78, 5) is 0. The average molecular weight is 267 g/mol. The van der Waals surface area contributed by atoms with Crippen molar-refractivity contribution in [3.05, 3.63) is 29.8 Å². The van der Waals surface area contributed by atoms with E-state index in [1.807, 2.05) is 18.2 Å². The lowest BCUT2D eigenvalue weighted by molar-refractivity contribution is 0.562. The molecule has 18 heavy (non-hydrogen) atoms. The Balaban J connectivity index is 2.09. The fraction of sp³-hybridized carbons (Fsp3) is 0.571. The van der Waals surface area contributed by atoms with Gasteiger partial charge in [0.2, 0.25) is 0 Å². The Kier molecular flexibility index (Phi) is 4.27. The maximum absolute atomic E-state index is 11.6. The van der Waals surface area contributed by atoms with Gasteiger partial charge in [-0.25, -0.2) is 8.42 Å². The molecule has 0 amide bonds. The molecular weight excluding hydrogens is 246 g/mol. The summed E-state index contributed by atoms with van der Waals surface area (Å²) < 4.78 is 23.2. The Morgan fingerprint density at radius 3 is 2.83 bits per heavy atom. The molecule has 4 heteroatoms. The standard InChI is InChI=1S/C14H21NO2S/c1-2-6-12-7-3-4-9-14(12)15-13-8-5-10-18(16,17)11-13/h3-4,7,9,13,15H,2,5-6,8,10-11H2,1H3. The van der Waals surface area contributed by atoms with Gasteiger partial charge >= 0.3 is 0 Å². The molecule has 0 radical (unpaired) electrons. The van der Waals surface area contributed by atoms with Crippen molar-refractivity contribution in [3.8, 4) is 0 Å². The van der Waals surface area contributed by atoms with E-state index in [1.54, 1.807) is 0 Å². The quantitative estimate of drug-likeness (QED) is 0.912. The smallest absolute Gasteiger partial charge is 0.152 e. The molecule has 1 N–H and O–H groups in total. The summed E-state index contributed by atoms with van der Waals surface area (Å²) in [6, 6.07) is 8.27. The van der Waals surface area contributed by atoms with E-state index in [0.29, 0.717) is 5.75 Å². The molecular formula is C14H21NO2S. The van der Waals surface area contributed by atoms with E-state index in [-0.39, 0.29) is 11.8 Å². The van der Waals surface area contributed by atoms with Crippen LogP contribution in [0.1, 0.15) is 31.7 Å². The number of hydrogen-bond acceptors (Lipinski definition) is 3. The van der Waals surface area contributed by atoms with Gasteiger partial charge in [0.15, 0.2) is 9.84 Å². The molecule has 0 aromatic heterocycles. The zero-order valence-corrected chi connectivity index (χ0v) is 11.7. The van der Waals surface area contributed by atoms with Gasteiger partial charge < -0.3 is 5.32 Å². The van der Waals surface area contributed by atoms with Crippen LogP contribution in [0.25, 0.3) is 0 Å². The predicted octanol–water partition coefficient (Wildman–Crippen LogP) is 2.63. The van der Waals surface area contributed by atoms with Gasteiger partial charge in [0.25, 0.3) is 0 Å². The van der Waals surface area contributed by atoms with Crippen molar-refractivity contribution in [1.29, 1.82) is 0 Å². The largest absolute Gasteiger partial charge is 0.381 e. The van der Waals surface area contributed by atoms with Gasteiger partial charge in [0, 0.05) is 11.7 Å². The Bertz CT molecular complexity index is 496. The highest BCUT2D eigenvalue weighted by Gasteiger charge is 2.24.